The van der Waals surface area contributed by atoms with E-state index in [1.807, 2.05) is 48.5 Å². The van der Waals surface area contributed by atoms with E-state index in [1.54, 1.807) is 0 Å². The number of phenols is 1. The zero-order valence-electron chi connectivity index (χ0n) is 14.1. The van der Waals surface area contributed by atoms with Gasteiger partial charge in [-0.25, -0.2) is 9.18 Å². The van der Waals surface area contributed by atoms with Gasteiger partial charge in [0.05, 0.1) is 11.6 Å². The minimum absolute atomic E-state index is 0.308. The Morgan fingerprint density at radius 1 is 0.889 bits per heavy atom. The Balaban J connectivity index is 1.57. The smallest absolute Gasteiger partial charge is 0.322 e. The molecule has 3 N–H and O–H groups in total. The van der Waals surface area contributed by atoms with Crippen molar-refractivity contribution in [2.24, 2.45) is 0 Å². The van der Waals surface area contributed by atoms with Crippen LogP contribution in [0.25, 0.3) is 11.1 Å². The maximum atomic E-state index is 13.3. The maximum Gasteiger partial charge on any atom is 0.322 e. The predicted molar refractivity (Wildman–Crippen MR) is 97.8 cm³/mol. The lowest BCUT2D eigenvalue weighted by molar-refractivity contribution is 0.0960. The van der Waals surface area contributed by atoms with Crippen LogP contribution in [-0.2, 0) is 0 Å². The number of hydrogen-bond acceptors (Lipinski definition) is 3. The van der Waals surface area contributed by atoms with E-state index in [0.29, 0.717) is 0 Å². The Hall–Kier alpha value is -3.67. The van der Waals surface area contributed by atoms with Crippen molar-refractivity contribution >= 4 is 11.9 Å². The molecule has 0 unspecified atom stereocenters. The molecule has 3 aromatic carbocycles. The van der Waals surface area contributed by atoms with Crippen LogP contribution < -0.4 is 10.6 Å². The van der Waals surface area contributed by atoms with Crippen molar-refractivity contribution in [1.29, 1.82) is 0 Å². The molecule has 0 aromatic heterocycles. The molecule has 3 amide bonds. The van der Waals surface area contributed by atoms with Crippen molar-refractivity contribution in [2.75, 3.05) is 0 Å². The van der Waals surface area contributed by atoms with Crippen molar-refractivity contribution in [1.82, 2.24) is 10.6 Å². The standard InChI is InChI=1S/C21H15FN2O3/c22-12-9-10-18(25)17(11-12)20(26)24-21(27)23-19-15-7-3-1-5-13(15)14-6-2-4-8-16(14)19/h1-11,19,25H,(H2,23,24,26,27). The van der Waals surface area contributed by atoms with Crippen molar-refractivity contribution in [3.8, 4) is 16.9 Å². The minimum Gasteiger partial charge on any atom is -0.507 e. The molecule has 0 radical (unpaired) electrons. The monoisotopic (exact) mass is 362 g/mol. The number of hydrogen-bond donors (Lipinski definition) is 3. The van der Waals surface area contributed by atoms with Crippen LogP contribution in [0.1, 0.15) is 27.5 Å². The van der Waals surface area contributed by atoms with Gasteiger partial charge in [-0.2, -0.15) is 0 Å². The Kier molecular flexibility index (Phi) is 4.08. The summed E-state index contributed by atoms with van der Waals surface area (Å²) in [5, 5.41) is 14.6. The number of aromatic hydroxyl groups is 1. The fourth-order valence-electron chi connectivity index (χ4n) is 3.34. The van der Waals surface area contributed by atoms with Gasteiger partial charge in [0.1, 0.15) is 11.6 Å². The van der Waals surface area contributed by atoms with Gasteiger partial charge in [-0.3, -0.25) is 10.1 Å². The number of carbonyl (C=O) groups excluding carboxylic acids is 2. The molecule has 0 saturated heterocycles. The first-order valence-electron chi connectivity index (χ1n) is 8.33. The molecule has 134 valence electrons. The van der Waals surface area contributed by atoms with Crippen LogP contribution in [-0.4, -0.2) is 17.0 Å². The van der Waals surface area contributed by atoms with Crippen LogP contribution in [0.3, 0.4) is 0 Å². The summed E-state index contributed by atoms with van der Waals surface area (Å²) in [7, 11) is 0. The van der Waals surface area contributed by atoms with Crippen LogP contribution in [0.4, 0.5) is 9.18 Å². The molecule has 27 heavy (non-hydrogen) atoms. The van der Waals surface area contributed by atoms with Gasteiger partial charge in [0.25, 0.3) is 5.91 Å². The Bertz CT molecular complexity index is 1020. The number of fused-ring (bicyclic) bond motifs is 3. The first-order chi connectivity index (χ1) is 13.0. The quantitative estimate of drug-likeness (QED) is 0.650. The first-order valence-corrected chi connectivity index (χ1v) is 8.33. The highest BCUT2D eigenvalue weighted by Gasteiger charge is 2.29. The fourth-order valence-corrected chi connectivity index (χ4v) is 3.34. The maximum absolute atomic E-state index is 13.3. The Labute approximate surface area is 154 Å². The number of imide groups is 1. The van der Waals surface area contributed by atoms with Gasteiger partial charge >= 0.3 is 6.03 Å². The Morgan fingerprint density at radius 2 is 1.48 bits per heavy atom. The topological polar surface area (TPSA) is 78.4 Å². The second-order valence-electron chi connectivity index (χ2n) is 6.20. The molecule has 0 aliphatic heterocycles. The van der Waals surface area contributed by atoms with Gasteiger partial charge in [-0.05, 0) is 40.5 Å². The molecular weight excluding hydrogens is 347 g/mol. The highest BCUT2D eigenvalue weighted by molar-refractivity contribution is 6.06. The van der Waals surface area contributed by atoms with Crippen LogP contribution in [0.15, 0.2) is 66.7 Å². The van der Waals surface area contributed by atoms with Crippen molar-refractivity contribution < 1.29 is 19.1 Å². The lowest BCUT2D eigenvalue weighted by Gasteiger charge is -2.16. The number of carbonyl (C=O) groups is 2. The third-order valence-corrected chi connectivity index (χ3v) is 4.54. The molecule has 0 bridgehead atoms. The highest BCUT2D eigenvalue weighted by atomic mass is 19.1. The van der Waals surface area contributed by atoms with Gasteiger partial charge in [0, 0.05) is 0 Å². The summed E-state index contributed by atoms with van der Waals surface area (Å²) in [5.74, 6) is -1.97. The SMILES string of the molecule is O=C(NC(=O)c1cc(F)ccc1O)NC1c2ccccc2-c2ccccc21. The molecule has 6 heteroatoms. The van der Waals surface area contributed by atoms with Crippen LogP contribution >= 0.6 is 0 Å². The summed E-state index contributed by atoms with van der Waals surface area (Å²) in [6.07, 6.45) is 0. The molecule has 0 fully saturated rings. The van der Waals surface area contributed by atoms with E-state index in [-0.39, 0.29) is 5.56 Å². The summed E-state index contributed by atoms with van der Waals surface area (Å²) < 4.78 is 13.3. The van der Waals surface area contributed by atoms with Gasteiger partial charge in [0.2, 0.25) is 0 Å². The van der Waals surface area contributed by atoms with Crippen molar-refractivity contribution in [3.05, 3.63) is 89.2 Å². The van der Waals surface area contributed by atoms with Crippen molar-refractivity contribution in [2.45, 2.75) is 6.04 Å². The number of benzene rings is 3. The molecule has 0 atom stereocenters. The van der Waals surface area contributed by atoms with Crippen LogP contribution in [0, 0.1) is 5.82 Å². The van der Waals surface area contributed by atoms with E-state index in [0.717, 1.165) is 40.5 Å². The number of phenolic OH excluding ortho intramolecular Hbond substituents is 1. The Morgan fingerprint density at radius 3 is 2.11 bits per heavy atom. The molecule has 1 aliphatic rings. The zero-order chi connectivity index (χ0) is 19.0. The summed E-state index contributed by atoms with van der Waals surface area (Å²) >= 11 is 0. The van der Waals surface area contributed by atoms with E-state index in [1.165, 1.54) is 0 Å². The number of halogens is 1. The first kappa shape index (κ1) is 16.8. The molecule has 0 spiro atoms. The summed E-state index contributed by atoms with van der Waals surface area (Å²) in [6.45, 7) is 0. The molecule has 1 aliphatic carbocycles. The normalized spacial score (nSPS) is 12.2. The van der Waals surface area contributed by atoms with Crippen LogP contribution in [0.5, 0.6) is 5.75 Å². The van der Waals surface area contributed by atoms with E-state index in [9.17, 15) is 19.1 Å². The molecule has 3 aromatic rings. The molecule has 0 heterocycles. The van der Waals surface area contributed by atoms with Crippen LogP contribution in [0.2, 0.25) is 0 Å². The molecular formula is C21H15FN2O3. The van der Waals surface area contributed by atoms with Gasteiger partial charge in [-0.1, -0.05) is 48.5 Å². The third-order valence-electron chi connectivity index (χ3n) is 4.54. The second kappa shape index (κ2) is 6.57. The molecule has 5 nitrogen and oxygen atoms in total. The molecule has 0 saturated carbocycles. The summed E-state index contributed by atoms with van der Waals surface area (Å²) in [5.41, 5.74) is 3.59. The van der Waals surface area contributed by atoms with Gasteiger partial charge in [0.15, 0.2) is 0 Å². The van der Waals surface area contributed by atoms with E-state index >= 15 is 0 Å². The minimum atomic E-state index is -0.885. The number of nitrogens with one attached hydrogen (secondary N) is 2. The van der Waals surface area contributed by atoms with E-state index in [4.69, 9.17) is 0 Å². The van der Waals surface area contributed by atoms with Gasteiger partial charge in [-0.15, -0.1) is 0 Å². The largest absolute Gasteiger partial charge is 0.507 e. The fraction of sp³-hybridized carbons (Fsp3) is 0.0476. The summed E-state index contributed by atoms with van der Waals surface area (Å²) in [6, 6.07) is 17.2. The van der Waals surface area contributed by atoms with Gasteiger partial charge < -0.3 is 10.4 Å². The van der Waals surface area contributed by atoms with E-state index in [2.05, 4.69) is 10.6 Å². The second-order valence-corrected chi connectivity index (χ2v) is 6.20. The molecule has 4 rings (SSSR count). The van der Waals surface area contributed by atoms with Crippen molar-refractivity contribution in [3.63, 3.8) is 0 Å². The lowest BCUT2D eigenvalue weighted by Crippen LogP contribution is -2.41. The average molecular weight is 362 g/mol. The number of amides is 3. The number of rotatable bonds is 2. The average Bonchev–Trinajstić information content (AvgIpc) is 2.98. The zero-order valence-corrected chi connectivity index (χ0v) is 14.1. The third kappa shape index (κ3) is 3.01. The lowest BCUT2D eigenvalue weighted by atomic mass is 10.1. The number of urea groups is 1. The summed E-state index contributed by atoms with van der Waals surface area (Å²) in [4.78, 5) is 24.6. The van der Waals surface area contributed by atoms with E-state index < -0.39 is 29.5 Å². The predicted octanol–water partition coefficient (Wildman–Crippen LogP) is 3.74. The highest BCUT2D eigenvalue weighted by Crippen LogP contribution is 2.42.